The summed E-state index contributed by atoms with van der Waals surface area (Å²) < 4.78 is 17.2. The smallest absolute Gasteiger partial charge is 0.306 e. The number of rotatable bonds is 42. The zero-order valence-electron chi connectivity index (χ0n) is 36.0. The summed E-state index contributed by atoms with van der Waals surface area (Å²) in [7, 11) is 0. The predicted molar refractivity (Wildman–Crippen MR) is 233 cm³/mol. The molecule has 1 atom stereocenters. The van der Waals surface area contributed by atoms with Crippen LogP contribution in [0.25, 0.3) is 0 Å². The van der Waals surface area contributed by atoms with Gasteiger partial charge in [0.25, 0.3) is 0 Å². The second-order valence-corrected chi connectivity index (χ2v) is 15.3. The summed E-state index contributed by atoms with van der Waals surface area (Å²) in [5, 5.41) is 0. The predicted octanol–water partition coefficient (Wildman–Crippen LogP) is 15.2. The fourth-order valence-corrected chi connectivity index (χ4v) is 6.32. The Balaban J connectivity index is 4.17. The van der Waals surface area contributed by atoms with Crippen LogP contribution >= 0.6 is 0 Å². The average molecular weight is 757 g/mol. The van der Waals surface area contributed by atoms with E-state index in [0.717, 1.165) is 77.0 Å². The summed E-state index contributed by atoms with van der Waals surface area (Å²) in [4.78, 5) is 25.2. The van der Waals surface area contributed by atoms with Crippen molar-refractivity contribution in [3.8, 4) is 0 Å². The number of ether oxygens (including phenoxy) is 3. The van der Waals surface area contributed by atoms with Gasteiger partial charge < -0.3 is 14.2 Å². The Morgan fingerprint density at radius 2 is 0.796 bits per heavy atom. The van der Waals surface area contributed by atoms with Crippen LogP contribution in [-0.2, 0) is 23.8 Å². The van der Waals surface area contributed by atoms with Crippen molar-refractivity contribution in [2.24, 2.45) is 0 Å². The highest BCUT2D eigenvalue weighted by Gasteiger charge is 2.17. The molecule has 0 aromatic carbocycles. The summed E-state index contributed by atoms with van der Waals surface area (Å²) in [5.74, 6) is -0.420. The van der Waals surface area contributed by atoms with Gasteiger partial charge in [-0.25, -0.2) is 0 Å². The van der Waals surface area contributed by atoms with Gasteiger partial charge in [0.05, 0.1) is 6.61 Å². The van der Waals surface area contributed by atoms with E-state index in [1.165, 1.54) is 116 Å². The lowest BCUT2D eigenvalue weighted by molar-refractivity contribution is -0.163. The van der Waals surface area contributed by atoms with E-state index in [0.29, 0.717) is 19.4 Å². The first-order valence-electron chi connectivity index (χ1n) is 23.2. The summed E-state index contributed by atoms with van der Waals surface area (Å²) in [6, 6.07) is 0. The molecule has 0 radical (unpaired) electrons. The maximum Gasteiger partial charge on any atom is 0.306 e. The van der Waals surface area contributed by atoms with Gasteiger partial charge in [-0.2, -0.15) is 0 Å². The lowest BCUT2D eigenvalue weighted by atomic mass is 10.1. The van der Waals surface area contributed by atoms with E-state index in [-0.39, 0.29) is 25.2 Å². The molecule has 0 heterocycles. The minimum absolute atomic E-state index is 0.0766. The number of allylic oxidation sites excluding steroid dienone is 8. The van der Waals surface area contributed by atoms with E-state index >= 15 is 0 Å². The van der Waals surface area contributed by atoms with Crippen LogP contribution in [0.3, 0.4) is 0 Å². The highest BCUT2D eigenvalue weighted by Crippen LogP contribution is 2.13. The van der Waals surface area contributed by atoms with Gasteiger partial charge in [-0.3, -0.25) is 9.59 Å². The fourth-order valence-electron chi connectivity index (χ4n) is 6.32. The Hall–Kier alpha value is -2.14. The molecule has 0 spiro atoms. The van der Waals surface area contributed by atoms with Crippen LogP contribution in [0.4, 0.5) is 0 Å². The summed E-state index contributed by atoms with van der Waals surface area (Å²) >= 11 is 0. The highest BCUT2D eigenvalue weighted by molar-refractivity contribution is 5.70. The molecule has 0 amide bonds. The van der Waals surface area contributed by atoms with Gasteiger partial charge in [-0.1, -0.05) is 185 Å². The van der Waals surface area contributed by atoms with Crippen LogP contribution in [0, 0.1) is 0 Å². The van der Waals surface area contributed by atoms with Crippen molar-refractivity contribution in [2.75, 3.05) is 19.8 Å². The van der Waals surface area contributed by atoms with E-state index in [1.807, 2.05) is 0 Å². The summed E-state index contributed by atoms with van der Waals surface area (Å²) in [6.45, 7) is 7.73. The molecule has 0 aliphatic heterocycles. The Bertz CT molecular complexity index is 904. The largest absolute Gasteiger partial charge is 0.462 e. The molecule has 0 saturated carbocycles. The maximum absolute atomic E-state index is 12.7. The topological polar surface area (TPSA) is 61.8 Å². The second kappa shape index (κ2) is 45.3. The maximum atomic E-state index is 12.7. The van der Waals surface area contributed by atoms with Crippen LogP contribution in [0.5, 0.6) is 0 Å². The highest BCUT2D eigenvalue weighted by atomic mass is 16.6. The normalized spacial score (nSPS) is 12.6. The van der Waals surface area contributed by atoms with Gasteiger partial charge in [0, 0.05) is 19.4 Å². The minimum Gasteiger partial charge on any atom is -0.462 e. The number of carbonyl (C=O) groups is 2. The van der Waals surface area contributed by atoms with Crippen molar-refractivity contribution in [2.45, 2.75) is 232 Å². The zero-order valence-corrected chi connectivity index (χ0v) is 36.0. The van der Waals surface area contributed by atoms with Crippen molar-refractivity contribution in [3.05, 3.63) is 48.6 Å². The zero-order chi connectivity index (χ0) is 39.3. The van der Waals surface area contributed by atoms with Gasteiger partial charge in [0.1, 0.15) is 6.61 Å². The first kappa shape index (κ1) is 51.9. The van der Waals surface area contributed by atoms with Crippen molar-refractivity contribution in [1.29, 1.82) is 0 Å². The van der Waals surface area contributed by atoms with Crippen molar-refractivity contribution in [1.82, 2.24) is 0 Å². The Kier molecular flexibility index (Phi) is 43.5. The second-order valence-electron chi connectivity index (χ2n) is 15.3. The molecule has 314 valence electrons. The minimum atomic E-state index is -0.540. The molecule has 0 fully saturated rings. The lowest BCUT2D eigenvalue weighted by Crippen LogP contribution is -2.30. The van der Waals surface area contributed by atoms with Crippen LogP contribution in [-0.4, -0.2) is 37.9 Å². The van der Waals surface area contributed by atoms with E-state index in [4.69, 9.17) is 14.2 Å². The van der Waals surface area contributed by atoms with Gasteiger partial charge in [0.2, 0.25) is 0 Å². The third kappa shape index (κ3) is 42.6. The summed E-state index contributed by atoms with van der Waals surface area (Å²) in [5.41, 5.74) is 0. The number of carbonyl (C=O) groups excluding carboxylic acids is 2. The lowest BCUT2D eigenvalue weighted by Gasteiger charge is -2.18. The molecule has 0 aromatic heterocycles. The monoisotopic (exact) mass is 757 g/mol. The van der Waals surface area contributed by atoms with E-state index in [2.05, 4.69) is 69.4 Å². The molecule has 0 rings (SSSR count). The third-order valence-corrected chi connectivity index (χ3v) is 9.84. The SMILES string of the molecule is CCCC/C=C\CCCCCCCC(=O)OC(COCCCCCCCCCC)COC(=O)CCCCCCCC/C=C\C/C=C\C/C=C\CCCCC. The standard InChI is InChI=1S/C49H88O5/c1-4-7-10-13-16-19-21-22-23-24-25-26-27-28-30-31-33-36-39-42-48(50)53-46-47(45-52-44-41-38-35-18-15-12-9-6-3)54-49(51)43-40-37-34-32-29-20-17-14-11-8-5-2/h14,16-17,19,22-23,25-26,47H,4-13,15,18,20-21,24,27-46H2,1-3H3/b17-14-,19-16-,23-22-,26-25-. The van der Waals surface area contributed by atoms with Crippen molar-refractivity contribution < 1.29 is 23.8 Å². The van der Waals surface area contributed by atoms with Gasteiger partial charge in [-0.05, 0) is 77.0 Å². The molecule has 0 N–H and O–H groups in total. The van der Waals surface area contributed by atoms with E-state index in [9.17, 15) is 9.59 Å². The first-order valence-corrected chi connectivity index (χ1v) is 23.2. The third-order valence-electron chi connectivity index (χ3n) is 9.84. The van der Waals surface area contributed by atoms with Crippen LogP contribution < -0.4 is 0 Å². The van der Waals surface area contributed by atoms with Gasteiger partial charge >= 0.3 is 11.9 Å². The first-order chi connectivity index (χ1) is 26.6. The molecular weight excluding hydrogens is 669 g/mol. The van der Waals surface area contributed by atoms with E-state index < -0.39 is 6.10 Å². The Morgan fingerprint density at radius 3 is 1.35 bits per heavy atom. The molecular formula is C49H88O5. The van der Waals surface area contributed by atoms with Crippen LogP contribution in [0.1, 0.15) is 226 Å². The molecule has 5 nitrogen and oxygen atoms in total. The van der Waals surface area contributed by atoms with Gasteiger partial charge in [0.15, 0.2) is 6.10 Å². The molecule has 0 aromatic rings. The van der Waals surface area contributed by atoms with E-state index in [1.54, 1.807) is 0 Å². The fraction of sp³-hybridized carbons (Fsp3) is 0.796. The van der Waals surface area contributed by atoms with Crippen molar-refractivity contribution in [3.63, 3.8) is 0 Å². The Morgan fingerprint density at radius 1 is 0.407 bits per heavy atom. The number of esters is 2. The number of unbranched alkanes of at least 4 members (excludes halogenated alkanes) is 23. The molecule has 0 bridgehead atoms. The molecule has 0 aliphatic rings. The average Bonchev–Trinajstić information content (AvgIpc) is 3.17. The van der Waals surface area contributed by atoms with Crippen LogP contribution in [0.15, 0.2) is 48.6 Å². The molecule has 0 saturated heterocycles. The molecule has 5 heteroatoms. The van der Waals surface area contributed by atoms with Crippen LogP contribution in [0.2, 0.25) is 0 Å². The Labute approximate surface area is 335 Å². The molecule has 0 aliphatic carbocycles. The van der Waals surface area contributed by atoms with Gasteiger partial charge in [-0.15, -0.1) is 0 Å². The quantitative estimate of drug-likeness (QED) is 0.0353. The van der Waals surface area contributed by atoms with Crippen molar-refractivity contribution >= 4 is 11.9 Å². The molecule has 1 unspecified atom stereocenters. The number of hydrogen-bond donors (Lipinski definition) is 0. The number of hydrogen-bond acceptors (Lipinski definition) is 5. The molecule has 54 heavy (non-hydrogen) atoms. The summed E-state index contributed by atoms with van der Waals surface area (Å²) in [6.07, 6.45) is 53.9.